The normalized spacial score (nSPS) is 14.5. The van der Waals surface area contributed by atoms with Gasteiger partial charge < -0.3 is 10.1 Å². The van der Waals surface area contributed by atoms with Gasteiger partial charge in [-0.15, -0.1) is 0 Å². The number of aromatic nitrogens is 1. The minimum atomic E-state index is 0.659. The molecule has 0 saturated heterocycles. The van der Waals surface area contributed by atoms with Crippen LogP contribution in [-0.4, -0.2) is 18.1 Å². The van der Waals surface area contributed by atoms with E-state index < -0.39 is 0 Å². The molecule has 1 aliphatic heterocycles. The van der Waals surface area contributed by atoms with E-state index in [4.69, 9.17) is 9.72 Å². The van der Waals surface area contributed by atoms with Crippen LogP contribution in [0.25, 0.3) is 10.9 Å². The van der Waals surface area contributed by atoms with E-state index in [1.807, 2.05) is 0 Å². The largest absolute Gasteiger partial charge is 0.384 e. The summed E-state index contributed by atoms with van der Waals surface area (Å²) >= 11 is 3.58. The Morgan fingerprint density at radius 3 is 3.05 bits per heavy atom. The molecule has 4 heteroatoms. The molecule has 100 valence electrons. The molecule has 3 nitrogen and oxygen atoms in total. The average molecular weight is 321 g/mol. The van der Waals surface area contributed by atoms with Gasteiger partial charge in [0.05, 0.1) is 30.1 Å². The van der Waals surface area contributed by atoms with Gasteiger partial charge in [-0.3, -0.25) is 4.98 Å². The van der Waals surface area contributed by atoms with Crippen molar-refractivity contribution in [1.29, 1.82) is 0 Å². The summed E-state index contributed by atoms with van der Waals surface area (Å²) in [5, 5.41) is 4.67. The molecule has 0 unspecified atom stereocenters. The van der Waals surface area contributed by atoms with Crippen LogP contribution in [0.2, 0.25) is 0 Å². The van der Waals surface area contributed by atoms with E-state index in [1.54, 1.807) is 0 Å². The zero-order valence-electron chi connectivity index (χ0n) is 11.2. The number of halogens is 1. The van der Waals surface area contributed by atoms with Gasteiger partial charge in [0.15, 0.2) is 0 Å². The van der Waals surface area contributed by atoms with Crippen molar-refractivity contribution in [2.45, 2.75) is 26.9 Å². The molecule has 0 bridgehead atoms. The van der Waals surface area contributed by atoms with E-state index in [1.165, 1.54) is 27.9 Å². The number of benzene rings is 1. The lowest BCUT2D eigenvalue weighted by molar-refractivity contribution is 0.110. The fraction of sp³-hybridized carbons (Fsp3) is 0.400. The van der Waals surface area contributed by atoms with Crippen molar-refractivity contribution >= 4 is 32.5 Å². The molecular weight excluding hydrogens is 304 g/mol. The van der Waals surface area contributed by atoms with Crippen LogP contribution >= 0.6 is 15.9 Å². The first-order chi connectivity index (χ1) is 9.20. The molecule has 19 heavy (non-hydrogen) atoms. The third-order valence-electron chi connectivity index (χ3n) is 3.51. The standard InChI is InChI=1S/C15H17BrN2O/c1-3-17-15-11-7-10(16)6-9(2)14(11)18-13-4-5-19-8-12(13)15/h6-7H,3-5,8H2,1-2H3,(H,17,18). The Hall–Kier alpha value is -1.13. The molecule has 0 radical (unpaired) electrons. The predicted molar refractivity (Wildman–Crippen MR) is 81.7 cm³/mol. The Morgan fingerprint density at radius 2 is 2.26 bits per heavy atom. The third kappa shape index (κ3) is 2.23. The summed E-state index contributed by atoms with van der Waals surface area (Å²) in [4.78, 5) is 4.86. The first-order valence-electron chi connectivity index (χ1n) is 6.64. The SMILES string of the molecule is CCNc1c2c(nc3c(C)cc(Br)cc13)CCOC2. The molecular formula is C15H17BrN2O. The highest BCUT2D eigenvalue weighted by atomic mass is 79.9. The Bertz CT molecular complexity index is 640. The summed E-state index contributed by atoms with van der Waals surface area (Å²) in [5.74, 6) is 0. The van der Waals surface area contributed by atoms with Gasteiger partial charge in [0.2, 0.25) is 0 Å². The van der Waals surface area contributed by atoms with Crippen molar-refractivity contribution in [1.82, 2.24) is 4.98 Å². The van der Waals surface area contributed by atoms with Crippen LogP contribution in [0.5, 0.6) is 0 Å². The van der Waals surface area contributed by atoms with Crippen molar-refractivity contribution in [3.05, 3.63) is 33.4 Å². The fourth-order valence-electron chi connectivity index (χ4n) is 2.67. The average Bonchev–Trinajstić information content (AvgIpc) is 2.40. The third-order valence-corrected chi connectivity index (χ3v) is 3.97. The quantitative estimate of drug-likeness (QED) is 0.913. The molecule has 0 amide bonds. The molecule has 1 aliphatic rings. The minimum absolute atomic E-state index is 0.659. The number of nitrogens with zero attached hydrogens (tertiary/aromatic N) is 1. The van der Waals surface area contributed by atoms with Crippen LogP contribution in [0.3, 0.4) is 0 Å². The highest BCUT2D eigenvalue weighted by molar-refractivity contribution is 9.10. The predicted octanol–water partition coefficient (Wildman–Crippen LogP) is 3.81. The van der Waals surface area contributed by atoms with Gasteiger partial charge in [0, 0.05) is 28.4 Å². The Balaban J connectivity index is 2.35. The van der Waals surface area contributed by atoms with Crippen molar-refractivity contribution in [2.24, 2.45) is 0 Å². The summed E-state index contributed by atoms with van der Waals surface area (Å²) in [6.45, 7) is 6.56. The smallest absolute Gasteiger partial charge is 0.0756 e. The fourth-order valence-corrected chi connectivity index (χ4v) is 3.24. The molecule has 1 N–H and O–H groups in total. The maximum Gasteiger partial charge on any atom is 0.0756 e. The number of aryl methyl sites for hydroxylation is 1. The van der Waals surface area contributed by atoms with E-state index in [0.717, 1.165) is 29.6 Å². The monoisotopic (exact) mass is 320 g/mol. The first kappa shape index (κ1) is 12.9. The molecule has 2 aromatic rings. The molecule has 0 fully saturated rings. The lowest BCUT2D eigenvalue weighted by Crippen LogP contribution is -2.15. The van der Waals surface area contributed by atoms with Gasteiger partial charge in [-0.2, -0.15) is 0 Å². The van der Waals surface area contributed by atoms with E-state index in [9.17, 15) is 0 Å². The van der Waals surface area contributed by atoms with Crippen LogP contribution in [-0.2, 0) is 17.8 Å². The van der Waals surface area contributed by atoms with E-state index >= 15 is 0 Å². The van der Waals surface area contributed by atoms with Gasteiger partial charge in [-0.1, -0.05) is 15.9 Å². The number of anilines is 1. The Morgan fingerprint density at radius 1 is 1.42 bits per heavy atom. The number of hydrogen-bond donors (Lipinski definition) is 1. The lowest BCUT2D eigenvalue weighted by atomic mass is 10.0. The molecule has 1 aromatic heterocycles. The summed E-state index contributed by atoms with van der Waals surface area (Å²) in [6, 6.07) is 4.26. The van der Waals surface area contributed by atoms with Crippen LogP contribution in [0.15, 0.2) is 16.6 Å². The van der Waals surface area contributed by atoms with E-state index in [2.05, 4.69) is 47.2 Å². The van der Waals surface area contributed by atoms with Gasteiger partial charge in [0.25, 0.3) is 0 Å². The minimum Gasteiger partial charge on any atom is -0.384 e. The van der Waals surface area contributed by atoms with Gasteiger partial charge in [0.1, 0.15) is 0 Å². The molecule has 0 saturated carbocycles. The highest BCUT2D eigenvalue weighted by Gasteiger charge is 2.19. The second-order valence-electron chi connectivity index (χ2n) is 4.86. The molecule has 1 aromatic carbocycles. The van der Waals surface area contributed by atoms with Crippen molar-refractivity contribution in [3.8, 4) is 0 Å². The van der Waals surface area contributed by atoms with Crippen molar-refractivity contribution in [3.63, 3.8) is 0 Å². The van der Waals surface area contributed by atoms with E-state index in [0.29, 0.717) is 6.61 Å². The zero-order valence-corrected chi connectivity index (χ0v) is 12.8. The molecule has 3 rings (SSSR count). The second kappa shape index (κ2) is 5.10. The summed E-state index contributed by atoms with van der Waals surface area (Å²) < 4.78 is 6.69. The van der Waals surface area contributed by atoms with Gasteiger partial charge in [-0.25, -0.2) is 0 Å². The van der Waals surface area contributed by atoms with Crippen LogP contribution in [0, 0.1) is 6.92 Å². The highest BCUT2D eigenvalue weighted by Crippen LogP contribution is 2.34. The zero-order chi connectivity index (χ0) is 13.4. The topological polar surface area (TPSA) is 34.2 Å². The molecule has 0 aliphatic carbocycles. The van der Waals surface area contributed by atoms with Gasteiger partial charge in [-0.05, 0) is 31.5 Å². The van der Waals surface area contributed by atoms with Crippen molar-refractivity contribution < 1.29 is 4.74 Å². The number of hydrogen-bond acceptors (Lipinski definition) is 3. The molecule has 0 spiro atoms. The number of fused-ring (bicyclic) bond motifs is 2. The maximum absolute atomic E-state index is 5.60. The number of ether oxygens (including phenoxy) is 1. The van der Waals surface area contributed by atoms with Crippen LogP contribution in [0.1, 0.15) is 23.7 Å². The first-order valence-corrected chi connectivity index (χ1v) is 7.43. The number of nitrogens with one attached hydrogen (secondary N) is 1. The molecule has 2 heterocycles. The summed E-state index contributed by atoms with van der Waals surface area (Å²) in [6.07, 6.45) is 0.902. The summed E-state index contributed by atoms with van der Waals surface area (Å²) in [7, 11) is 0. The second-order valence-corrected chi connectivity index (χ2v) is 5.78. The van der Waals surface area contributed by atoms with Gasteiger partial charge >= 0.3 is 0 Å². The van der Waals surface area contributed by atoms with Crippen molar-refractivity contribution in [2.75, 3.05) is 18.5 Å². The number of pyridine rings is 1. The Kier molecular flexibility index (Phi) is 3.46. The molecule has 0 atom stereocenters. The Labute approximate surface area is 121 Å². The number of rotatable bonds is 2. The van der Waals surface area contributed by atoms with Crippen LogP contribution < -0.4 is 5.32 Å². The van der Waals surface area contributed by atoms with E-state index in [-0.39, 0.29) is 0 Å². The maximum atomic E-state index is 5.60. The van der Waals surface area contributed by atoms with Crippen LogP contribution in [0.4, 0.5) is 5.69 Å². The summed E-state index contributed by atoms with van der Waals surface area (Å²) in [5.41, 5.74) is 5.89. The lowest BCUT2D eigenvalue weighted by Gasteiger charge is -2.22.